The summed E-state index contributed by atoms with van der Waals surface area (Å²) in [6, 6.07) is 20.5. The molecule has 13 nitrogen and oxygen atoms in total. The number of sulfonamides is 1. The zero-order chi connectivity index (χ0) is 33.3. The van der Waals surface area contributed by atoms with Crippen LogP contribution in [0.15, 0.2) is 90.1 Å². The lowest BCUT2D eigenvalue weighted by atomic mass is 9.80. The normalized spacial score (nSPS) is 18.0. The number of nitriles is 1. The number of piperazine rings is 1. The van der Waals surface area contributed by atoms with E-state index in [-0.39, 0.29) is 29.3 Å². The summed E-state index contributed by atoms with van der Waals surface area (Å²) < 4.78 is 41.3. The number of nitrogens with zero attached hydrogens (tertiary/aromatic N) is 6. The SMILES string of the molecule is CCOc1ccccc1C1(N2CCN(c3ccncc3)CC2)C(=O)N(S(=O)(=O)c2ccc([N+](=O)[O-])cc2OC)c2ccc(C#N)cc21. The maximum Gasteiger partial charge on any atom is 0.274 e. The number of methoxy groups -OCH3 is 1. The van der Waals surface area contributed by atoms with Crippen molar-refractivity contribution in [1.29, 1.82) is 5.26 Å². The molecule has 0 radical (unpaired) electrons. The Balaban J connectivity index is 1.58. The molecule has 0 bridgehead atoms. The minimum absolute atomic E-state index is 0.0530. The van der Waals surface area contributed by atoms with Crippen molar-refractivity contribution in [3.8, 4) is 17.6 Å². The molecule has 1 atom stereocenters. The van der Waals surface area contributed by atoms with E-state index in [1.54, 1.807) is 42.7 Å². The molecule has 1 amide bonds. The average Bonchev–Trinajstić information content (AvgIpc) is 3.37. The largest absolute Gasteiger partial charge is 0.495 e. The number of pyridine rings is 1. The number of rotatable bonds is 9. The van der Waals surface area contributed by atoms with Crippen molar-refractivity contribution in [3.05, 3.63) is 112 Å². The number of anilines is 2. The van der Waals surface area contributed by atoms with Crippen LogP contribution in [-0.2, 0) is 20.4 Å². The number of carbonyl (C=O) groups excluding carboxylic acids is 1. The topological polar surface area (TPSA) is 159 Å². The van der Waals surface area contributed by atoms with Crippen molar-refractivity contribution in [3.63, 3.8) is 0 Å². The average molecular weight is 655 g/mol. The fourth-order valence-corrected chi connectivity index (χ4v) is 8.00. The standard InChI is InChI=1S/C33H30N6O7S/c1-3-46-29-7-5-4-6-26(29)33(37-18-16-36(17-19-37)24-12-14-35-15-13-24)27-20-23(22-34)8-10-28(27)38(32(33)40)47(43,44)31-11-9-25(39(41)42)21-30(31)45-2/h4-15,20-21H,3,16-19H2,1-2H3. The van der Waals surface area contributed by atoms with Gasteiger partial charge < -0.3 is 14.4 Å². The predicted octanol–water partition coefficient (Wildman–Crippen LogP) is 4.07. The molecular formula is C33H30N6O7S. The number of nitro benzene ring substituents is 1. The first-order valence-electron chi connectivity index (χ1n) is 14.8. The van der Waals surface area contributed by atoms with E-state index in [2.05, 4.69) is 16.0 Å². The Morgan fingerprint density at radius 3 is 2.36 bits per heavy atom. The minimum atomic E-state index is -4.73. The first-order valence-corrected chi connectivity index (χ1v) is 16.2. The molecule has 2 aliphatic heterocycles. The van der Waals surface area contributed by atoms with Crippen molar-refractivity contribution >= 4 is 33.0 Å². The second-order valence-corrected chi connectivity index (χ2v) is 12.6. The zero-order valence-corrected chi connectivity index (χ0v) is 26.4. The number of non-ortho nitro benzene ring substituents is 1. The van der Waals surface area contributed by atoms with Gasteiger partial charge in [0.1, 0.15) is 16.4 Å². The van der Waals surface area contributed by atoms with E-state index in [0.717, 1.165) is 28.2 Å². The summed E-state index contributed by atoms with van der Waals surface area (Å²) in [4.78, 5) is 33.9. The number of para-hydroxylation sites is 1. The van der Waals surface area contributed by atoms with Crippen LogP contribution in [0, 0.1) is 21.4 Å². The molecule has 6 rings (SSSR count). The van der Waals surface area contributed by atoms with Crippen LogP contribution >= 0.6 is 0 Å². The van der Waals surface area contributed by atoms with Crippen LogP contribution in [0.1, 0.15) is 23.6 Å². The summed E-state index contributed by atoms with van der Waals surface area (Å²) in [7, 11) is -3.54. The highest BCUT2D eigenvalue weighted by Crippen LogP contribution is 2.53. The smallest absolute Gasteiger partial charge is 0.274 e. The number of aromatic nitrogens is 1. The van der Waals surface area contributed by atoms with E-state index in [0.29, 0.717) is 43.1 Å². The molecule has 47 heavy (non-hydrogen) atoms. The number of amides is 1. The Hall–Kier alpha value is -5.52. The van der Waals surface area contributed by atoms with Crippen molar-refractivity contribution in [2.24, 2.45) is 0 Å². The zero-order valence-electron chi connectivity index (χ0n) is 25.6. The Morgan fingerprint density at radius 2 is 1.70 bits per heavy atom. The van der Waals surface area contributed by atoms with Crippen LogP contribution < -0.4 is 18.7 Å². The van der Waals surface area contributed by atoms with Crippen LogP contribution in [0.5, 0.6) is 11.5 Å². The van der Waals surface area contributed by atoms with E-state index < -0.39 is 31.3 Å². The summed E-state index contributed by atoms with van der Waals surface area (Å²) in [6.07, 6.45) is 3.41. The third-order valence-corrected chi connectivity index (χ3v) is 10.2. The van der Waals surface area contributed by atoms with Gasteiger partial charge in [-0.1, -0.05) is 18.2 Å². The molecule has 1 fully saturated rings. The quantitative estimate of drug-likeness (QED) is 0.189. The highest BCUT2D eigenvalue weighted by molar-refractivity contribution is 7.93. The molecule has 1 saturated heterocycles. The summed E-state index contributed by atoms with van der Waals surface area (Å²) in [5, 5.41) is 21.4. The second-order valence-electron chi connectivity index (χ2n) is 10.8. The fourth-order valence-electron chi connectivity index (χ4n) is 6.40. The molecule has 0 saturated carbocycles. The second kappa shape index (κ2) is 12.3. The van der Waals surface area contributed by atoms with E-state index in [4.69, 9.17) is 9.47 Å². The lowest BCUT2D eigenvalue weighted by molar-refractivity contribution is -0.385. The van der Waals surface area contributed by atoms with Gasteiger partial charge in [-0.15, -0.1) is 0 Å². The Bertz CT molecular complexity index is 2010. The highest BCUT2D eigenvalue weighted by atomic mass is 32.2. The van der Waals surface area contributed by atoms with Gasteiger partial charge in [-0.2, -0.15) is 5.26 Å². The summed E-state index contributed by atoms with van der Waals surface area (Å²) in [6.45, 7) is 3.80. The molecule has 2 aliphatic rings. The minimum Gasteiger partial charge on any atom is -0.495 e. The Kier molecular flexibility index (Phi) is 8.27. The predicted molar refractivity (Wildman–Crippen MR) is 172 cm³/mol. The molecule has 3 heterocycles. The molecule has 0 N–H and O–H groups in total. The van der Waals surface area contributed by atoms with Crippen LogP contribution in [0.4, 0.5) is 17.1 Å². The number of benzene rings is 3. The third-order valence-electron chi connectivity index (χ3n) is 8.46. The van der Waals surface area contributed by atoms with E-state index in [1.807, 2.05) is 24.0 Å². The van der Waals surface area contributed by atoms with E-state index in [1.165, 1.54) is 19.2 Å². The van der Waals surface area contributed by atoms with Gasteiger partial charge in [0.25, 0.3) is 21.6 Å². The van der Waals surface area contributed by atoms with Gasteiger partial charge in [0.05, 0.1) is 42.0 Å². The lowest BCUT2D eigenvalue weighted by Gasteiger charge is -2.46. The van der Waals surface area contributed by atoms with Gasteiger partial charge in [0.15, 0.2) is 5.54 Å². The molecule has 4 aromatic rings. The maximum atomic E-state index is 15.3. The maximum absolute atomic E-state index is 15.3. The Labute approximate surface area is 271 Å². The van der Waals surface area contributed by atoms with Crippen molar-refractivity contribution in [2.45, 2.75) is 17.4 Å². The van der Waals surface area contributed by atoms with Gasteiger partial charge in [-0.25, -0.2) is 12.7 Å². The van der Waals surface area contributed by atoms with E-state index >= 15 is 4.79 Å². The molecule has 14 heteroatoms. The monoisotopic (exact) mass is 654 g/mol. The summed E-state index contributed by atoms with van der Waals surface area (Å²) >= 11 is 0. The lowest BCUT2D eigenvalue weighted by Crippen LogP contribution is -2.60. The number of hydrogen-bond donors (Lipinski definition) is 0. The molecule has 3 aromatic carbocycles. The number of hydrogen-bond acceptors (Lipinski definition) is 11. The first kappa shape index (κ1) is 31.5. The van der Waals surface area contributed by atoms with Gasteiger partial charge >= 0.3 is 0 Å². The van der Waals surface area contributed by atoms with Crippen LogP contribution in [0.2, 0.25) is 0 Å². The number of nitro groups is 1. The van der Waals surface area contributed by atoms with Crippen LogP contribution in [0.3, 0.4) is 0 Å². The summed E-state index contributed by atoms with van der Waals surface area (Å²) in [5.41, 5.74) is -0.124. The molecule has 1 aromatic heterocycles. The van der Waals surface area contributed by atoms with Gasteiger partial charge in [-0.3, -0.25) is 24.8 Å². The third kappa shape index (κ3) is 5.09. The van der Waals surface area contributed by atoms with Crippen LogP contribution in [0.25, 0.3) is 0 Å². The van der Waals surface area contributed by atoms with Crippen molar-refractivity contribution < 1.29 is 27.6 Å². The molecule has 0 aliphatic carbocycles. The molecule has 1 unspecified atom stereocenters. The molecular weight excluding hydrogens is 624 g/mol. The van der Waals surface area contributed by atoms with E-state index in [9.17, 15) is 23.8 Å². The number of carbonyl (C=O) groups is 1. The Morgan fingerprint density at radius 1 is 0.979 bits per heavy atom. The molecule has 240 valence electrons. The van der Waals surface area contributed by atoms with Gasteiger partial charge in [0, 0.05) is 61.5 Å². The fraction of sp³-hybridized carbons (Fsp3) is 0.242. The van der Waals surface area contributed by atoms with Crippen LogP contribution in [-0.4, -0.2) is 69.0 Å². The first-order chi connectivity index (χ1) is 22.7. The number of ether oxygens (including phenoxy) is 2. The number of fused-ring (bicyclic) bond motifs is 1. The van der Waals surface area contributed by atoms with Gasteiger partial charge in [0.2, 0.25) is 0 Å². The summed E-state index contributed by atoms with van der Waals surface area (Å²) in [5.74, 6) is -0.701. The highest BCUT2D eigenvalue weighted by Gasteiger charge is 2.61. The van der Waals surface area contributed by atoms with Gasteiger partial charge in [-0.05, 0) is 49.4 Å². The van der Waals surface area contributed by atoms with Crippen molar-refractivity contribution in [1.82, 2.24) is 9.88 Å². The van der Waals surface area contributed by atoms with Crippen molar-refractivity contribution in [2.75, 3.05) is 49.1 Å². The molecule has 0 spiro atoms.